The smallest absolute Gasteiger partial charge is 0.250 e. The van der Waals surface area contributed by atoms with Gasteiger partial charge in [-0.15, -0.1) is 0 Å². The van der Waals surface area contributed by atoms with E-state index >= 15 is 0 Å². The van der Waals surface area contributed by atoms with Gasteiger partial charge < -0.3 is 14.6 Å². The molecule has 0 atom stereocenters. The van der Waals surface area contributed by atoms with E-state index in [1.807, 2.05) is 37.3 Å². The van der Waals surface area contributed by atoms with Gasteiger partial charge in [0.1, 0.15) is 11.5 Å². The van der Waals surface area contributed by atoms with Crippen LogP contribution in [0.1, 0.15) is 45.7 Å². The first-order chi connectivity index (χ1) is 11.7. The maximum absolute atomic E-state index is 10.9. The zero-order chi connectivity index (χ0) is 19.9. The zero-order valence-corrected chi connectivity index (χ0v) is 18.3. The molecule has 0 aliphatic rings. The van der Waals surface area contributed by atoms with Crippen molar-refractivity contribution < 1.29 is 14.6 Å². The summed E-state index contributed by atoms with van der Waals surface area (Å²) in [6, 6.07) is 11.3. The Morgan fingerprint density at radius 1 is 0.923 bits per heavy atom. The number of hydrogen-bond donors (Lipinski definition) is 2. The largest absolute Gasteiger partial charge is 0.543 e. The van der Waals surface area contributed by atoms with Gasteiger partial charge in [-0.25, -0.2) is 0 Å². The molecule has 0 bridgehead atoms. The molecule has 0 fully saturated rings. The molecule has 0 aliphatic heterocycles. The number of rotatable bonds is 4. The molecule has 26 heavy (non-hydrogen) atoms. The topological polar surface area (TPSA) is 49.7 Å². The molecule has 2 rings (SSSR count). The lowest BCUT2D eigenvalue weighted by atomic mass is 9.88. The standard InChI is InChI=1S/C22H32O3Si/c1-15-12-13-18(23)17(14-15)16-10-9-11-19(20(16)22(5,6)24)25-26(7,8)21(2,3)4/h9-14,23-24H,1-8H3. The van der Waals surface area contributed by atoms with Crippen molar-refractivity contribution in [2.24, 2.45) is 0 Å². The molecule has 3 nitrogen and oxygen atoms in total. The van der Waals surface area contributed by atoms with E-state index in [2.05, 4.69) is 33.9 Å². The molecule has 4 heteroatoms. The zero-order valence-electron chi connectivity index (χ0n) is 17.3. The number of hydrogen-bond acceptors (Lipinski definition) is 3. The highest BCUT2D eigenvalue weighted by molar-refractivity contribution is 6.74. The monoisotopic (exact) mass is 372 g/mol. The highest BCUT2D eigenvalue weighted by Gasteiger charge is 2.40. The fourth-order valence-corrected chi connectivity index (χ4v) is 3.79. The Kier molecular flexibility index (Phi) is 5.33. The Morgan fingerprint density at radius 2 is 1.54 bits per heavy atom. The highest BCUT2D eigenvalue weighted by atomic mass is 28.4. The van der Waals surface area contributed by atoms with Crippen LogP contribution in [0, 0.1) is 6.92 Å². The first-order valence-electron chi connectivity index (χ1n) is 9.09. The number of aromatic hydroxyl groups is 1. The molecule has 142 valence electrons. The van der Waals surface area contributed by atoms with Crippen molar-refractivity contribution in [1.29, 1.82) is 0 Å². The van der Waals surface area contributed by atoms with Crippen LogP contribution in [-0.2, 0) is 5.60 Å². The SMILES string of the molecule is Cc1ccc(O)c(-c2cccc(O[Si](C)(C)C(C)(C)C)c2C(C)(C)O)c1. The van der Waals surface area contributed by atoms with E-state index in [1.165, 1.54) is 0 Å². The third-order valence-corrected chi connectivity index (χ3v) is 9.59. The summed E-state index contributed by atoms with van der Waals surface area (Å²) in [4.78, 5) is 0. The summed E-state index contributed by atoms with van der Waals surface area (Å²) in [5.41, 5.74) is 2.17. The van der Waals surface area contributed by atoms with Crippen LogP contribution in [0.25, 0.3) is 11.1 Å². The summed E-state index contributed by atoms with van der Waals surface area (Å²) in [7, 11) is -2.08. The summed E-state index contributed by atoms with van der Waals surface area (Å²) >= 11 is 0. The van der Waals surface area contributed by atoms with Crippen molar-refractivity contribution in [1.82, 2.24) is 0 Å². The third-order valence-electron chi connectivity index (χ3n) is 5.25. The van der Waals surface area contributed by atoms with Gasteiger partial charge in [0, 0.05) is 11.1 Å². The minimum Gasteiger partial charge on any atom is -0.543 e. The van der Waals surface area contributed by atoms with Crippen molar-refractivity contribution in [3.8, 4) is 22.6 Å². The van der Waals surface area contributed by atoms with Crippen LogP contribution in [0.5, 0.6) is 11.5 Å². The quantitative estimate of drug-likeness (QED) is 0.649. The molecular weight excluding hydrogens is 340 g/mol. The van der Waals surface area contributed by atoms with E-state index in [9.17, 15) is 10.2 Å². The van der Waals surface area contributed by atoms with E-state index in [0.29, 0.717) is 16.9 Å². The molecule has 2 aromatic rings. The predicted molar refractivity (Wildman–Crippen MR) is 111 cm³/mol. The van der Waals surface area contributed by atoms with Crippen molar-refractivity contribution >= 4 is 8.32 Å². The number of benzene rings is 2. The Bertz CT molecular complexity index is 796. The summed E-state index contributed by atoms with van der Waals surface area (Å²) in [6.45, 7) is 16.5. The minimum absolute atomic E-state index is 0.0470. The fourth-order valence-electron chi connectivity index (χ4n) is 2.77. The van der Waals surface area contributed by atoms with Crippen LogP contribution in [0.15, 0.2) is 36.4 Å². The summed E-state index contributed by atoms with van der Waals surface area (Å²) in [5.74, 6) is 0.896. The first kappa shape index (κ1) is 20.5. The number of phenols is 1. The van der Waals surface area contributed by atoms with Gasteiger partial charge in [-0.05, 0) is 62.7 Å². The minimum atomic E-state index is -2.08. The molecule has 0 aliphatic carbocycles. The second-order valence-electron chi connectivity index (χ2n) is 9.12. The first-order valence-corrected chi connectivity index (χ1v) is 12.0. The van der Waals surface area contributed by atoms with E-state index in [1.54, 1.807) is 19.9 Å². The van der Waals surface area contributed by atoms with E-state index in [-0.39, 0.29) is 10.8 Å². The van der Waals surface area contributed by atoms with E-state index in [4.69, 9.17) is 4.43 Å². The lowest BCUT2D eigenvalue weighted by molar-refractivity contribution is 0.0772. The predicted octanol–water partition coefficient (Wildman–Crippen LogP) is 5.98. The van der Waals surface area contributed by atoms with Crippen molar-refractivity contribution in [2.75, 3.05) is 0 Å². The third kappa shape index (κ3) is 4.13. The van der Waals surface area contributed by atoms with Crippen molar-refractivity contribution in [3.63, 3.8) is 0 Å². The summed E-state index contributed by atoms with van der Waals surface area (Å²) in [5, 5.41) is 21.4. The summed E-state index contributed by atoms with van der Waals surface area (Å²) in [6.07, 6.45) is 0. The van der Waals surface area contributed by atoms with Crippen molar-refractivity contribution in [2.45, 2.75) is 65.3 Å². The number of aliphatic hydroxyl groups is 1. The van der Waals surface area contributed by atoms with E-state index in [0.717, 1.165) is 11.1 Å². The van der Waals surface area contributed by atoms with E-state index < -0.39 is 13.9 Å². The van der Waals surface area contributed by atoms with Crippen molar-refractivity contribution in [3.05, 3.63) is 47.5 Å². The summed E-state index contributed by atoms with van der Waals surface area (Å²) < 4.78 is 6.55. The average molecular weight is 373 g/mol. The van der Waals surface area contributed by atoms with Gasteiger partial charge in [0.25, 0.3) is 0 Å². The van der Waals surface area contributed by atoms with Crippen LogP contribution >= 0.6 is 0 Å². The molecule has 2 N–H and O–H groups in total. The molecule has 0 heterocycles. The van der Waals surface area contributed by atoms with Gasteiger partial charge in [0.2, 0.25) is 8.32 Å². The molecule has 0 radical (unpaired) electrons. The molecule has 0 saturated carbocycles. The Morgan fingerprint density at radius 3 is 2.08 bits per heavy atom. The lowest BCUT2D eigenvalue weighted by Gasteiger charge is -2.38. The normalized spacial score (nSPS) is 13.0. The Labute approximate surface area is 158 Å². The molecule has 0 saturated heterocycles. The fraction of sp³-hybridized carbons (Fsp3) is 0.455. The van der Waals surface area contributed by atoms with Gasteiger partial charge in [-0.1, -0.05) is 44.5 Å². The van der Waals surface area contributed by atoms with Crippen LogP contribution in [-0.4, -0.2) is 18.5 Å². The number of aryl methyl sites for hydroxylation is 1. The van der Waals surface area contributed by atoms with Crippen LogP contribution < -0.4 is 4.43 Å². The van der Waals surface area contributed by atoms with Gasteiger partial charge in [0.05, 0.1) is 5.60 Å². The molecule has 0 aromatic heterocycles. The lowest BCUT2D eigenvalue weighted by Crippen LogP contribution is -2.44. The molecular formula is C22H32O3Si. The average Bonchev–Trinajstić information content (AvgIpc) is 2.46. The van der Waals surface area contributed by atoms with Crippen LogP contribution in [0.4, 0.5) is 0 Å². The second-order valence-corrected chi connectivity index (χ2v) is 13.8. The maximum atomic E-state index is 10.9. The Hall–Kier alpha value is -1.78. The van der Waals surface area contributed by atoms with Gasteiger partial charge in [-0.3, -0.25) is 0 Å². The van der Waals surface area contributed by atoms with Gasteiger partial charge in [0.15, 0.2) is 0 Å². The second kappa shape index (κ2) is 6.75. The number of phenolic OH excluding ortho intramolecular Hbond substituents is 1. The Balaban J connectivity index is 2.71. The van der Waals surface area contributed by atoms with Gasteiger partial charge >= 0.3 is 0 Å². The van der Waals surface area contributed by atoms with Crippen LogP contribution in [0.3, 0.4) is 0 Å². The molecule has 0 spiro atoms. The maximum Gasteiger partial charge on any atom is 0.250 e. The van der Waals surface area contributed by atoms with Gasteiger partial charge in [-0.2, -0.15) is 0 Å². The highest BCUT2D eigenvalue weighted by Crippen LogP contribution is 2.44. The molecule has 2 aromatic carbocycles. The molecule has 0 unspecified atom stereocenters. The molecule has 0 amide bonds. The van der Waals surface area contributed by atoms with Crippen LogP contribution in [0.2, 0.25) is 18.1 Å².